The van der Waals surface area contributed by atoms with Gasteiger partial charge in [-0.25, -0.2) is 0 Å². The first-order valence-corrected chi connectivity index (χ1v) is 25.7. The topological polar surface area (TPSA) is 72.8 Å². The molecule has 0 amide bonds. The number of aliphatic hydroxyl groups is 1. The lowest BCUT2D eigenvalue weighted by Crippen LogP contribution is -2.28. The number of unbranched alkanes of at least 4 members (excludes halogenated alkanes) is 15. The monoisotopic (exact) mass is 883 g/mol. The zero-order chi connectivity index (χ0) is 46.3. The van der Waals surface area contributed by atoms with Crippen LogP contribution in [0.2, 0.25) is 0 Å². The maximum absolute atomic E-state index is 12.2. The Morgan fingerprint density at radius 2 is 0.656 bits per heavy atom. The van der Waals surface area contributed by atoms with Gasteiger partial charge in [-0.2, -0.15) is 0 Å². The number of allylic oxidation sites excluding steroid dienone is 22. The zero-order valence-corrected chi connectivity index (χ0v) is 41.0. The largest absolute Gasteiger partial charge is 0.462 e. The average Bonchev–Trinajstić information content (AvgIpc) is 3.30. The molecule has 0 aromatic carbocycles. The van der Waals surface area contributed by atoms with Gasteiger partial charge in [-0.3, -0.25) is 9.59 Å². The molecule has 0 aromatic heterocycles. The van der Waals surface area contributed by atoms with Gasteiger partial charge in [-0.15, -0.1) is 0 Å². The lowest BCUT2D eigenvalue weighted by molar-refractivity contribution is -0.161. The summed E-state index contributed by atoms with van der Waals surface area (Å²) in [7, 11) is 0. The number of aliphatic hydroxyl groups excluding tert-OH is 1. The van der Waals surface area contributed by atoms with Gasteiger partial charge < -0.3 is 14.6 Å². The van der Waals surface area contributed by atoms with Crippen LogP contribution in [0.15, 0.2) is 134 Å². The van der Waals surface area contributed by atoms with Crippen molar-refractivity contribution < 1.29 is 24.2 Å². The summed E-state index contributed by atoms with van der Waals surface area (Å²) >= 11 is 0. The van der Waals surface area contributed by atoms with E-state index in [1.54, 1.807) is 0 Å². The van der Waals surface area contributed by atoms with Crippen molar-refractivity contribution in [2.24, 2.45) is 0 Å². The van der Waals surface area contributed by atoms with Gasteiger partial charge in [0.1, 0.15) is 6.61 Å². The highest BCUT2D eigenvalue weighted by molar-refractivity contribution is 5.70. The summed E-state index contributed by atoms with van der Waals surface area (Å²) in [6.07, 6.45) is 80.0. The van der Waals surface area contributed by atoms with Crippen molar-refractivity contribution >= 4 is 11.9 Å². The Bertz CT molecular complexity index is 1370. The van der Waals surface area contributed by atoms with E-state index in [-0.39, 0.29) is 31.6 Å². The van der Waals surface area contributed by atoms with Crippen LogP contribution in [0.25, 0.3) is 0 Å². The van der Waals surface area contributed by atoms with Gasteiger partial charge in [0.25, 0.3) is 0 Å². The van der Waals surface area contributed by atoms with Crippen LogP contribution in [0.1, 0.15) is 206 Å². The molecule has 360 valence electrons. The third kappa shape index (κ3) is 50.7. The summed E-state index contributed by atoms with van der Waals surface area (Å²) in [5.74, 6) is -0.693. The SMILES string of the molecule is CC/C=C\C/C=C\C/C=C\C/C=C\C/C=C\C/C=C\C/C=C\CCCCCCCCCCCCCCCCCC(=O)OC(CO)COC(=O)CC/C=C\C/C=C\C/C=C\C/C=C\CC. The normalized spacial score (nSPS) is 13.4. The van der Waals surface area contributed by atoms with Crippen LogP contribution >= 0.6 is 0 Å². The summed E-state index contributed by atoms with van der Waals surface area (Å²) in [4.78, 5) is 24.3. The molecule has 64 heavy (non-hydrogen) atoms. The highest BCUT2D eigenvalue weighted by atomic mass is 16.6. The molecule has 0 saturated carbocycles. The smallest absolute Gasteiger partial charge is 0.306 e. The lowest BCUT2D eigenvalue weighted by Gasteiger charge is -2.15. The van der Waals surface area contributed by atoms with Gasteiger partial charge in [0.05, 0.1) is 6.61 Å². The Hall–Kier alpha value is -3.96. The maximum atomic E-state index is 12.2. The van der Waals surface area contributed by atoms with Crippen LogP contribution in [0.4, 0.5) is 0 Å². The minimum atomic E-state index is -0.808. The van der Waals surface area contributed by atoms with Gasteiger partial charge in [0, 0.05) is 12.8 Å². The second kappa shape index (κ2) is 53.4. The number of hydrogen-bond donors (Lipinski definition) is 1. The summed E-state index contributed by atoms with van der Waals surface area (Å²) in [6.45, 7) is 3.83. The molecule has 1 unspecified atom stereocenters. The minimum absolute atomic E-state index is 0.110. The Morgan fingerprint density at radius 3 is 1.00 bits per heavy atom. The number of carbonyl (C=O) groups is 2. The van der Waals surface area contributed by atoms with E-state index in [4.69, 9.17) is 9.47 Å². The molecule has 5 nitrogen and oxygen atoms in total. The van der Waals surface area contributed by atoms with Gasteiger partial charge in [0.15, 0.2) is 6.10 Å². The summed E-state index contributed by atoms with van der Waals surface area (Å²) in [5.41, 5.74) is 0. The molecule has 0 spiro atoms. The predicted molar refractivity (Wildman–Crippen MR) is 278 cm³/mol. The van der Waals surface area contributed by atoms with E-state index in [2.05, 4.69) is 135 Å². The molecule has 0 radical (unpaired) electrons. The van der Waals surface area contributed by atoms with E-state index >= 15 is 0 Å². The van der Waals surface area contributed by atoms with Crippen LogP contribution in [0.3, 0.4) is 0 Å². The second-order valence-electron chi connectivity index (χ2n) is 16.5. The molecule has 0 aromatic rings. The van der Waals surface area contributed by atoms with Crippen molar-refractivity contribution in [2.45, 2.75) is 213 Å². The molecule has 0 saturated heterocycles. The van der Waals surface area contributed by atoms with Crippen molar-refractivity contribution in [3.63, 3.8) is 0 Å². The first-order chi connectivity index (χ1) is 31.6. The van der Waals surface area contributed by atoms with Gasteiger partial charge in [-0.1, -0.05) is 231 Å². The Kier molecular flexibility index (Phi) is 50.1. The third-order valence-electron chi connectivity index (χ3n) is 10.5. The molecule has 0 aliphatic rings. The van der Waals surface area contributed by atoms with Crippen molar-refractivity contribution in [3.05, 3.63) is 134 Å². The number of esters is 2. The molecule has 1 atom stereocenters. The predicted octanol–water partition coefficient (Wildman–Crippen LogP) is 17.3. The Balaban J connectivity index is 3.55. The van der Waals surface area contributed by atoms with Crippen LogP contribution < -0.4 is 0 Å². The first-order valence-electron chi connectivity index (χ1n) is 25.7. The van der Waals surface area contributed by atoms with Crippen LogP contribution in [-0.4, -0.2) is 36.4 Å². The molecule has 0 fully saturated rings. The van der Waals surface area contributed by atoms with E-state index in [0.717, 1.165) is 89.9 Å². The zero-order valence-electron chi connectivity index (χ0n) is 41.0. The number of ether oxygens (including phenoxy) is 2. The fourth-order valence-electron chi connectivity index (χ4n) is 6.67. The first kappa shape index (κ1) is 60.0. The van der Waals surface area contributed by atoms with E-state index in [1.807, 2.05) is 12.2 Å². The van der Waals surface area contributed by atoms with Gasteiger partial charge >= 0.3 is 11.9 Å². The summed E-state index contributed by atoms with van der Waals surface area (Å²) < 4.78 is 10.6. The number of hydrogen-bond acceptors (Lipinski definition) is 5. The second-order valence-corrected chi connectivity index (χ2v) is 16.5. The van der Waals surface area contributed by atoms with Crippen LogP contribution in [-0.2, 0) is 19.1 Å². The molecule has 1 N–H and O–H groups in total. The minimum Gasteiger partial charge on any atom is -0.462 e. The van der Waals surface area contributed by atoms with Gasteiger partial charge in [0.2, 0.25) is 0 Å². The molecule has 0 bridgehead atoms. The Morgan fingerprint density at radius 1 is 0.359 bits per heavy atom. The highest BCUT2D eigenvalue weighted by Gasteiger charge is 2.16. The highest BCUT2D eigenvalue weighted by Crippen LogP contribution is 2.15. The molecule has 0 aliphatic heterocycles. The Labute approximate surface area is 394 Å². The molecule has 0 aliphatic carbocycles. The van der Waals surface area contributed by atoms with E-state index < -0.39 is 6.10 Å². The van der Waals surface area contributed by atoms with Crippen LogP contribution in [0, 0.1) is 0 Å². The van der Waals surface area contributed by atoms with E-state index in [1.165, 1.54) is 83.5 Å². The van der Waals surface area contributed by atoms with E-state index in [0.29, 0.717) is 12.8 Å². The average molecular weight is 883 g/mol. The molecular weight excluding hydrogens is 789 g/mol. The molecule has 0 rings (SSSR count). The molecular formula is C59H94O5. The van der Waals surface area contributed by atoms with E-state index in [9.17, 15) is 14.7 Å². The summed E-state index contributed by atoms with van der Waals surface area (Å²) in [6, 6.07) is 0. The lowest BCUT2D eigenvalue weighted by atomic mass is 10.0. The number of carbonyl (C=O) groups excluding carboxylic acids is 2. The maximum Gasteiger partial charge on any atom is 0.306 e. The van der Waals surface area contributed by atoms with Crippen molar-refractivity contribution in [1.29, 1.82) is 0 Å². The summed E-state index contributed by atoms with van der Waals surface area (Å²) in [5, 5.41) is 9.59. The number of rotatable bonds is 45. The quantitative estimate of drug-likeness (QED) is 0.0375. The molecule has 5 heteroatoms. The fourth-order valence-corrected chi connectivity index (χ4v) is 6.67. The fraction of sp³-hybridized carbons (Fsp3) is 0.593. The molecule has 0 heterocycles. The van der Waals surface area contributed by atoms with Gasteiger partial charge in [-0.05, 0) is 96.3 Å². The third-order valence-corrected chi connectivity index (χ3v) is 10.5. The van der Waals surface area contributed by atoms with Crippen molar-refractivity contribution in [1.82, 2.24) is 0 Å². The van der Waals surface area contributed by atoms with Crippen LogP contribution in [0.5, 0.6) is 0 Å². The van der Waals surface area contributed by atoms with Crippen molar-refractivity contribution in [2.75, 3.05) is 13.2 Å². The van der Waals surface area contributed by atoms with Crippen molar-refractivity contribution in [3.8, 4) is 0 Å². The standard InChI is InChI=1S/C59H94O5/c1-3-5-7-9-11-13-15-17-18-19-20-21-22-23-24-25-26-27-28-29-30-31-32-33-34-35-36-37-38-39-40-42-44-46-48-50-52-54-59(62)64-57(55-60)56-63-58(61)53-51-49-47-45-43-41-16-14-12-10-8-6-4-2/h5-8,11-14,17-18,20-21,23-24,26-27,29-30,41,43,47,49,57,60H,3-4,9-10,15-16,19,22,25,28,31-40,42,44-46,48,50-56H2,1-2H3/b7-5-,8-6-,13-11-,14-12-,18-17-,21-20-,24-23-,27-26-,30-29-,43-41-,49-47-.